The van der Waals surface area contributed by atoms with E-state index in [4.69, 9.17) is 22.1 Å². The Morgan fingerprint density at radius 1 is 1.35 bits per heavy atom. The molecule has 2 heterocycles. The van der Waals surface area contributed by atoms with E-state index in [9.17, 15) is 4.79 Å². The number of benzene rings is 1. The first kappa shape index (κ1) is 16.7. The van der Waals surface area contributed by atoms with Crippen molar-refractivity contribution in [2.75, 3.05) is 38.5 Å². The molecule has 3 N–H and O–H groups in total. The number of nitrogens with one attached hydrogen (secondary N) is 1. The van der Waals surface area contributed by atoms with Crippen LogP contribution >= 0.6 is 11.6 Å². The number of fused-ring (bicyclic) bond motifs is 2. The number of likely N-dealkylation sites (tertiary alicyclic amines) is 1. The van der Waals surface area contributed by atoms with Crippen LogP contribution < -0.4 is 15.8 Å². The van der Waals surface area contributed by atoms with Crippen molar-refractivity contribution < 1.29 is 9.53 Å². The number of ether oxygens (including phenoxy) is 1. The molecular weight excluding hydrogens is 350 g/mol. The van der Waals surface area contributed by atoms with Gasteiger partial charge in [0.1, 0.15) is 5.75 Å². The predicted octanol–water partition coefficient (Wildman–Crippen LogP) is 2.56. The molecule has 2 aliphatic heterocycles. The fraction of sp³-hybridized carbons (Fsp3) is 0.650. The molecule has 1 amide bonds. The quantitative estimate of drug-likeness (QED) is 0.776. The molecule has 2 atom stereocenters. The standard InChI is InChI=1S/C20H26ClN3O2/c21-17-6-13(19-12(18(17)22)4-5-26-19)20(25)23-7-14-15-9-24(10-16(14)15)8-11-2-1-3-11/h6,11,14-16H,1-5,7-10,22H2,(H,23,25). The fourth-order valence-corrected chi connectivity index (χ4v) is 5.29. The molecule has 0 spiro atoms. The van der Waals surface area contributed by atoms with Crippen LogP contribution in [0.15, 0.2) is 6.07 Å². The minimum Gasteiger partial charge on any atom is -0.492 e. The van der Waals surface area contributed by atoms with Gasteiger partial charge in [-0.2, -0.15) is 0 Å². The van der Waals surface area contributed by atoms with Gasteiger partial charge in [0, 0.05) is 38.2 Å². The van der Waals surface area contributed by atoms with Gasteiger partial charge in [-0.05, 0) is 42.6 Å². The van der Waals surface area contributed by atoms with Crippen LogP contribution in [-0.2, 0) is 6.42 Å². The highest BCUT2D eigenvalue weighted by molar-refractivity contribution is 6.33. The maximum absolute atomic E-state index is 12.7. The van der Waals surface area contributed by atoms with Gasteiger partial charge in [-0.25, -0.2) is 0 Å². The molecule has 2 aliphatic carbocycles. The minimum atomic E-state index is -0.0960. The van der Waals surface area contributed by atoms with Crippen molar-refractivity contribution in [3.05, 3.63) is 22.2 Å². The molecule has 4 aliphatic rings. The van der Waals surface area contributed by atoms with Crippen molar-refractivity contribution in [1.82, 2.24) is 10.2 Å². The Hall–Kier alpha value is -1.46. The van der Waals surface area contributed by atoms with Crippen molar-refractivity contribution in [2.45, 2.75) is 25.7 Å². The number of nitrogen functional groups attached to an aromatic ring is 1. The lowest BCUT2D eigenvalue weighted by molar-refractivity contribution is 0.0945. The topological polar surface area (TPSA) is 67.6 Å². The van der Waals surface area contributed by atoms with E-state index in [0.29, 0.717) is 41.0 Å². The van der Waals surface area contributed by atoms with E-state index in [-0.39, 0.29) is 5.91 Å². The summed E-state index contributed by atoms with van der Waals surface area (Å²) >= 11 is 6.20. The summed E-state index contributed by atoms with van der Waals surface area (Å²) in [7, 11) is 0. The van der Waals surface area contributed by atoms with Crippen LogP contribution in [0.4, 0.5) is 5.69 Å². The van der Waals surface area contributed by atoms with Crippen LogP contribution in [-0.4, -0.2) is 43.6 Å². The lowest BCUT2D eigenvalue weighted by atomic mass is 9.85. The molecule has 6 heteroatoms. The number of nitrogens with two attached hydrogens (primary N) is 1. The summed E-state index contributed by atoms with van der Waals surface area (Å²) < 4.78 is 5.64. The Labute approximate surface area is 159 Å². The lowest BCUT2D eigenvalue weighted by Gasteiger charge is -2.31. The molecule has 0 radical (unpaired) electrons. The first-order valence-corrected chi connectivity index (χ1v) is 10.2. The zero-order valence-electron chi connectivity index (χ0n) is 15.0. The Morgan fingerprint density at radius 2 is 2.12 bits per heavy atom. The highest BCUT2D eigenvalue weighted by Gasteiger charge is 2.55. The highest BCUT2D eigenvalue weighted by atomic mass is 35.5. The number of nitrogens with zero attached hydrogens (tertiary/aromatic N) is 1. The Morgan fingerprint density at radius 3 is 2.81 bits per heavy atom. The summed E-state index contributed by atoms with van der Waals surface area (Å²) in [4.78, 5) is 15.3. The van der Waals surface area contributed by atoms with Gasteiger partial charge in [-0.1, -0.05) is 18.0 Å². The van der Waals surface area contributed by atoms with E-state index in [1.54, 1.807) is 6.07 Å². The molecule has 5 nitrogen and oxygen atoms in total. The highest BCUT2D eigenvalue weighted by Crippen LogP contribution is 2.51. The van der Waals surface area contributed by atoms with Gasteiger partial charge in [0.2, 0.25) is 0 Å². The molecule has 3 fully saturated rings. The summed E-state index contributed by atoms with van der Waals surface area (Å²) in [5.41, 5.74) is 7.95. The van der Waals surface area contributed by atoms with Gasteiger partial charge in [-0.3, -0.25) is 4.79 Å². The van der Waals surface area contributed by atoms with E-state index >= 15 is 0 Å². The second kappa shape index (κ2) is 6.31. The van der Waals surface area contributed by atoms with Crippen molar-refractivity contribution in [3.63, 3.8) is 0 Å². The number of anilines is 1. The van der Waals surface area contributed by atoms with E-state index < -0.39 is 0 Å². The maximum Gasteiger partial charge on any atom is 0.255 e. The van der Waals surface area contributed by atoms with E-state index in [0.717, 1.165) is 29.9 Å². The number of piperidine rings is 1. The summed E-state index contributed by atoms with van der Waals surface area (Å²) in [5.74, 6) is 3.64. The van der Waals surface area contributed by atoms with E-state index in [2.05, 4.69) is 10.2 Å². The summed E-state index contributed by atoms with van der Waals surface area (Å²) in [5, 5.41) is 3.55. The van der Waals surface area contributed by atoms with Crippen LogP contribution in [0, 0.1) is 23.7 Å². The third kappa shape index (κ3) is 2.76. The molecule has 0 aromatic heterocycles. The molecule has 0 bridgehead atoms. The summed E-state index contributed by atoms with van der Waals surface area (Å²) in [6.45, 7) is 5.03. The van der Waals surface area contributed by atoms with Gasteiger partial charge < -0.3 is 20.7 Å². The number of amides is 1. The van der Waals surface area contributed by atoms with E-state index in [1.165, 1.54) is 38.9 Å². The first-order valence-electron chi connectivity index (χ1n) is 9.86. The third-order valence-corrected chi connectivity index (χ3v) is 7.21. The van der Waals surface area contributed by atoms with Crippen LogP contribution in [0.1, 0.15) is 35.2 Å². The number of hydrogen-bond donors (Lipinski definition) is 2. The van der Waals surface area contributed by atoms with Crippen LogP contribution in [0.5, 0.6) is 5.75 Å². The number of halogens is 1. The monoisotopic (exact) mass is 375 g/mol. The average Bonchev–Trinajstić information content (AvgIpc) is 2.98. The Kier molecular flexibility index (Phi) is 4.05. The van der Waals surface area contributed by atoms with Crippen LogP contribution in [0.2, 0.25) is 5.02 Å². The molecular formula is C20H26ClN3O2. The summed E-state index contributed by atoms with van der Waals surface area (Å²) in [6, 6.07) is 1.64. The molecule has 1 aromatic rings. The van der Waals surface area contributed by atoms with Crippen LogP contribution in [0.3, 0.4) is 0 Å². The fourth-order valence-electron chi connectivity index (χ4n) is 5.07. The summed E-state index contributed by atoms with van der Waals surface area (Å²) in [6.07, 6.45) is 4.97. The first-order chi connectivity index (χ1) is 12.6. The number of carbonyl (C=O) groups excluding carboxylic acids is 1. The van der Waals surface area contributed by atoms with Crippen LogP contribution in [0.25, 0.3) is 0 Å². The van der Waals surface area contributed by atoms with E-state index in [1.807, 2.05) is 0 Å². The van der Waals surface area contributed by atoms with Crippen molar-refractivity contribution in [3.8, 4) is 5.75 Å². The smallest absolute Gasteiger partial charge is 0.255 e. The Bertz CT molecular complexity index is 737. The minimum absolute atomic E-state index is 0.0960. The maximum atomic E-state index is 12.7. The Balaban J connectivity index is 1.16. The molecule has 26 heavy (non-hydrogen) atoms. The molecule has 2 unspecified atom stereocenters. The predicted molar refractivity (Wildman–Crippen MR) is 102 cm³/mol. The third-order valence-electron chi connectivity index (χ3n) is 6.90. The number of hydrogen-bond acceptors (Lipinski definition) is 4. The molecule has 1 saturated heterocycles. The largest absolute Gasteiger partial charge is 0.492 e. The van der Waals surface area contributed by atoms with Gasteiger partial charge >= 0.3 is 0 Å². The number of rotatable bonds is 5. The second-order valence-electron chi connectivity index (χ2n) is 8.44. The lowest BCUT2D eigenvalue weighted by Crippen LogP contribution is -2.34. The average molecular weight is 376 g/mol. The number of carbonyl (C=O) groups is 1. The molecule has 1 aromatic carbocycles. The van der Waals surface area contributed by atoms with Crippen molar-refractivity contribution in [2.24, 2.45) is 23.7 Å². The van der Waals surface area contributed by atoms with Gasteiger partial charge in [0.25, 0.3) is 5.91 Å². The normalized spacial score (nSPS) is 29.7. The molecule has 2 saturated carbocycles. The zero-order valence-corrected chi connectivity index (χ0v) is 15.7. The molecule has 5 rings (SSSR count). The van der Waals surface area contributed by atoms with Gasteiger partial charge in [0.15, 0.2) is 0 Å². The van der Waals surface area contributed by atoms with Crippen molar-refractivity contribution >= 4 is 23.2 Å². The second-order valence-corrected chi connectivity index (χ2v) is 8.85. The van der Waals surface area contributed by atoms with Gasteiger partial charge in [0.05, 0.1) is 22.9 Å². The molecule has 140 valence electrons. The van der Waals surface area contributed by atoms with Gasteiger partial charge in [-0.15, -0.1) is 0 Å². The SMILES string of the molecule is Nc1c(Cl)cc(C(=O)NCC2C3CN(CC4CCC4)CC23)c2c1CCO2. The van der Waals surface area contributed by atoms with Crippen molar-refractivity contribution in [1.29, 1.82) is 0 Å². The zero-order chi connectivity index (χ0) is 17.8.